The second-order valence-corrected chi connectivity index (χ2v) is 7.07. The van der Waals surface area contributed by atoms with Gasteiger partial charge in [-0.1, -0.05) is 18.2 Å². The van der Waals surface area contributed by atoms with Crippen molar-refractivity contribution in [2.45, 2.75) is 4.90 Å². The van der Waals surface area contributed by atoms with Crippen LogP contribution in [0.25, 0.3) is 0 Å². The summed E-state index contributed by atoms with van der Waals surface area (Å²) in [4.78, 5) is -0.0286. The van der Waals surface area contributed by atoms with E-state index in [2.05, 4.69) is 20.2 Å². The van der Waals surface area contributed by atoms with Crippen LogP contribution in [0.15, 0.2) is 65.6 Å². The molecule has 2 aromatic carbocycles. The maximum atomic E-state index is 12.6. The standard InChI is InChI=1S/C18H18N4O4S/c1-25-14-8-9-16(15(12-14)26-2)27(23,24)22-18-11-10-17(20-21-18)19-13-6-4-3-5-7-13/h3-12H,1-2H3,(H,19,20)(H,21,22). The third kappa shape index (κ3) is 4.45. The molecule has 2 N–H and O–H groups in total. The molecule has 0 saturated heterocycles. The first kappa shape index (κ1) is 18.5. The molecule has 0 aliphatic heterocycles. The molecule has 3 rings (SSSR count). The number of benzene rings is 2. The first-order chi connectivity index (χ1) is 13.0. The molecule has 8 nitrogen and oxygen atoms in total. The molecule has 0 spiro atoms. The van der Waals surface area contributed by atoms with Crippen molar-refractivity contribution in [2.24, 2.45) is 0 Å². The van der Waals surface area contributed by atoms with E-state index in [1.807, 2.05) is 30.3 Å². The first-order valence-corrected chi connectivity index (χ1v) is 9.41. The van der Waals surface area contributed by atoms with Crippen molar-refractivity contribution < 1.29 is 17.9 Å². The third-order valence-electron chi connectivity index (χ3n) is 3.61. The van der Waals surface area contributed by atoms with E-state index in [4.69, 9.17) is 9.47 Å². The molecule has 3 aromatic rings. The van der Waals surface area contributed by atoms with Crippen molar-refractivity contribution in [3.8, 4) is 11.5 Å². The average Bonchev–Trinajstić information content (AvgIpc) is 2.69. The number of ether oxygens (including phenoxy) is 2. The number of anilines is 3. The molecule has 9 heteroatoms. The summed E-state index contributed by atoms with van der Waals surface area (Å²) in [5, 5.41) is 11.0. The second-order valence-electron chi connectivity index (χ2n) is 5.42. The quantitative estimate of drug-likeness (QED) is 0.643. The van der Waals surface area contributed by atoms with E-state index in [1.54, 1.807) is 6.07 Å². The fraction of sp³-hybridized carbons (Fsp3) is 0.111. The van der Waals surface area contributed by atoms with Crippen LogP contribution in [0, 0.1) is 0 Å². The summed E-state index contributed by atoms with van der Waals surface area (Å²) in [6, 6.07) is 17.0. The number of nitrogens with zero attached hydrogens (tertiary/aromatic N) is 2. The highest BCUT2D eigenvalue weighted by molar-refractivity contribution is 7.92. The zero-order chi connectivity index (χ0) is 19.3. The van der Waals surface area contributed by atoms with E-state index < -0.39 is 10.0 Å². The lowest BCUT2D eigenvalue weighted by molar-refractivity contribution is 0.386. The summed E-state index contributed by atoms with van der Waals surface area (Å²) in [5.41, 5.74) is 0.850. The molecule has 140 valence electrons. The summed E-state index contributed by atoms with van der Waals surface area (Å²) in [6.45, 7) is 0. The minimum atomic E-state index is -3.91. The van der Waals surface area contributed by atoms with Gasteiger partial charge in [0.2, 0.25) is 0 Å². The van der Waals surface area contributed by atoms with E-state index in [0.717, 1.165) is 5.69 Å². The highest BCUT2D eigenvalue weighted by Gasteiger charge is 2.21. The summed E-state index contributed by atoms with van der Waals surface area (Å²) < 4.78 is 37.9. The first-order valence-electron chi connectivity index (χ1n) is 7.92. The Bertz CT molecular complexity index is 1010. The Morgan fingerprint density at radius 1 is 0.852 bits per heavy atom. The summed E-state index contributed by atoms with van der Waals surface area (Å²) in [7, 11) is -1.03. The number of aromatic nitrogens is 2. The molecule has 0 fully saturated rings. The van der Waals surface area contributed by atoms with E-state index in [-0.39, 0.29) is 16.5 Å². The number of sulfonamides is 1. The Hall–Kier alpha value is -3.33. The van der Waals surface area contributed by atoms with Gasteiger partial charge in [0.1, 0.15) is 16.4 Å². The fourth-order valence-electron chi connectivity index (χ4n) is 2.31. The Morgan fingerprint density at radius 2 is 1.56 bits per heavy atom. The van der Waals surface area contributed by atoms with E-state index in [0.29, 0.717) is 11.6 Å². The molecule has 27 heavy (non-hydrogen) atoms. The molecule has 0 aliphatic rings. The Morgan fingerprint density at radius 3 is 2.19 bits per heavy atom. The molecule has 0 aliphatic carbocycles. The van der Waals surface area contributed by atoms with Crippen molar-refractivity contribution in [1.29, 1.82) is 0 Å². The van der Waals surface area contributed by atoms with Crippen LogP contribution in [-0.2, 0) is 10.0 Å². The van der Waals surface area contributed by atoms with Crippen molar-refractivity contribution in [3.05, 3.63) is 60.7 Å². The molecule has 0 saturated carbocycles. The van der Waals surface area contributed by atoms with Gasteiger partial charge in [0.05, 0.1) is 14.2 Å². The van der Waals surface area contributed by atoms with Crippen LogP contribution in [-0.4, -0.2) is 32.8 Å². The second kappa shape index (κ2) is 7.92. The van der Waals surface area contributed by atoms with Crippen molar-refractivity contribution >= 4 is 27.3 Å². The van der Waals surface area contributed by atoms with Gasteiger partial charge in [0.25, 0.3) is 10.0 Å². The molecule has 0 amide bonds. The van der Waals surface area contributed by atoms with Crippen LogP contribution in [0.4, 0.5) is 17.3 Å². The topological polar surface area (TPSA) is 102 Å². The average molecular weight is 386 g/mol. The maximum Gasteiger partial charge on any atom is 0.266 e. The number of rotatable bonds is 7. The predicted molar refractivity (Wildman–Crippen MR) is 102 cm³/mol. The smallest absolute Gasteiger partial charge is 0.266 e. The van der Waals surface area contributed by atoms with Crippen LogP contribution >= 0.6 is 0 Å². The molecule has 0 atom stereocenters. The predicted octanol–water partition coefficient (Wildman–Crippen LogP) is 3.04. The van der Waals surface area contributed by atoms with E-state index >= 15 is 0 Å². The lowest BCUT2D eigenvalue weighted by atomic mass is 10.3. The fourth-order valence-corrected chi connectivity index (χ4v) is 3.46. The highest BCUT2D eigenvalue weighted by Crippen LogP contribution is 2.29. The van der Waals surface area contributed by atoms with Gasteiger partial charge in [-0.3, -0.25) is 4.72 Å². The lowest BCUT2D eigenvalue weighted by Crippen LogP contribution is -2.15. The largest absolute Gasteiger partial charge is 0.497 e. The van der Waals surface area contributed by atoms with Crippen LogP contribution < -0.4 is 19.5 Å². The number of hydrogen-bond acceptors (Lipinski definition) is 7. The van der Waals surface area contributed by atoms with Crippen LogP contribution in [0.5, 0.6) is 11.5 Å². The van der Waals surface area contributed by atoms with Crippen LogP contribution in [0.3, 0.4) is 0 Å². The van der Waals surface area contributed by atoms with Gasteiger partial charge in [-0.05, 0) is 36.4 Å². The minimum absolute atomic E-state index is 0.0286. The molecule has 0 unspecified atom stereocenters. The summed E-state index contributed by atoms with van der Waals surface area (Å²) in [6.07, 6.45) is 0. The summed E-state index contributed by atoms with van der Waals surface area (Å²) >= 11 is 0. The molecular formula is C18H18N4O4S. The SMILES string of the molecule is COc1ccc(S(=O)(=O)Nc2ccc(Nc3ccccc3)nn2)c(OC)c1. The number of methoxy groups -OCH3 is 2. The van der Waals surface area contributed by atoms with Gasteiger partial charge in [-0.15, -0.1) is 10.2 Å². The van der Waals surface area contributed by atoms with Gasteiger partial charge in [0, 0.05) is 11.8 Å². The molecule has 1 heterocycles. The summed E-state index contributed by atoms with van der Waals surface area (Å²) in [5.74, 6) is 1.23. The van der Waals surface area contributed by atoms with Gasteiger partial charge in [-0.25, -0.2) is 8.42 Å². The number of para-hydroxylation sites is 1. The molecule has 0 bridgehead atoms. The highest BCUT2D eigenvalue weighted by atomic mass is 32.2. The number of nitrogens with one attached hydrogen (secondary N) is 2. The normalized spacial score (nSPS) is 10.9. The molecule has 0 radical (unpaired) electrons. The van der Waals surface area contributed by atoms with Crippen molar-refractivity contribution in [1.82, 2.24) is 10.2 Å². The zero-order valence-electron chi connectivity index (χ0n) is 14.7. The Balaban J connectivity index is 1.78. The van der Waals surface area contributed by atoms with Gasteiger partial charge >= 0.3 is 0 Å². The Labute approximate surface area is 157 Å². The van der Waals surface area contributed by atoms with E-state index in [1.165, 1.54) is 38.5 Å². The van der Waals surface area contributed by atoms with Crippen LogP contribution in [0.1, 0.15) is 0 Å². The van der Waals surface area contributed by atoms with Crippen molar-refractivity contribution in [3.63, 3.8) is 0 Å². The van der Waals surface area contributed by atoms with E-state index in [9.17, 15) is 8.42 Å². The maximum absolute atomic E-state index is 12.6. The van der Waals surface area contributed by atoms with Gasteiger partial charge < -0.3 is 14.8 Å². The monoisotopic (exact) mass is 386 g/mol. The lowest BCUT2D eigenvalue weighted by Gasteiger charge is -2.12. The zero-order valence-corrected chi connectivity index (χ0v) is 15.5. The Kier molecular flexibility index (Phi) is 5.41. The molecule has 1 aromatic heterocycles. The number of hydrogen-bond donors (Lipinski definition) is 2. The van der Waals surface area contributed by atoms with Crippen LogP contribution in [0.2, 0.25) is 0 Å². The van der Waals surface area contributed by atoms with Gasteiger partial charge in [0.15, 0.2) is 11.6 Å². The third-order valence-corrected chi connectivity index (χ3v) is 5.00. The minimum Gasteiger partial charge on any atom is -0.497 e. The van der Waals surface area contributed by atoms with Crippen molar-refractivity contribution in [2.75, 3.05) is 24.3 Å². The van der Waals surface area contributed by atoms with Gasteiger partial charge in [-0.2, -0.15) is 0 Å². The molecular weight excluding hydrogens is 368 g/mol.